The first-order chi connectivity index (χ1) is 15.4. The van der Waals surface area contributed by atoms with Crippen LogP contribution < -0.4 is 5.32 Å². The minimum absolute atomic E-state index is 0.00171. The highest BCUT2D eigenvalue weighted by Gasteiger charge is 2.41. The molecule has 166 valence electrons. The van der Waals surface area contributed by atoms with Crippen LogP contribution in [0.5, 0.6) is 0 Å². The number of hydrogen-bond donors (Lipinski definition) is 1. The number of nitrogens with zero attached hydrogens (tertiary/aromatic N) is 4. The molecule has 1 N–H and O–H groups in total. The first-order valence-electron chi connectivity index (χ1n) is 9.92. The van der Waals surface area contributed by atoms with E-state index in [2.05, 4.69) is 20.3 Å². The van der Waals surface area contributed by atoms with E-state index in [0.717, 1.165) is 0 Å². The number of imidazole rings is 1. The second-order valence-corrected chi connectivity index (χ2v) is 7.20. The Kier molecular flexibility index (Phi) is 6.08. The largest absolute Gasteiger partial charge is 0.463 e. The highest BCUT2D eigenvalue weighted by Crippen LogP contribution is 2.36. The van der Waals surface area contributed by atoms with E-state index in [-0.39, 0.29) is 18.3 Å². The molecule has 0 radical (unpaired) electrons. The molecule has 1 aromatic carbocycles. The molecule has 3 aliphatic rings. The van der Waals surface area contributed by atoms with Crippen LogP contribution in [-0.4, -0.2) is 56.2 Å². The molecule has 0 aromatic heterocycles. The summed E-state index contributed by atoms with van der Waals surface area (Å²) in [5.41, 5.74) is 0.797. The summed E-state index contributed by atoms with van der Waals surface area (Å²) in [4.78, 5) is 48.3. The average Bonchev–Trinajstić information content (AvgIpc) is 3.40. The minimum atomic E-state index is -0.834. The van der Waals surface area contributed by atoms with Gasteiger partial charge in [0.2, 0.25) is 0 Å². The molecule has 1 saturated heterocycles. The Balaban J connectivity index is 1.69. The maximum Gasteiger partial charge on any atom is 0.303 e. The summed E-state index contributed by atoms with van der Waals surface area (Å²) in [5, 5.41) is 2.85. The first-order valence-corrected chi connectivity index (χ1v) is 9.92. The summed E-state index contributed by atoms with van der Waals surface area (Å²) in [6.45, 7) is 2.60. The Hall–Kier alpha value is -3.86. The zero-order valence-corrected chi connectivity index (χ0v) is 17.4. The zero-order chi connectivity index (χ0) is 22.7. The molecule has 3 heterocycles. The number of anilines is 1. The lowest BCUT2D eigenvalue weighted by atomic mass is 10.2. The lowest BCUT2D eigenvalue weighted by molar-refractivity contribution is -0.153. The second-order valence-electron chi connectivity index (χ2n) is 7.20. The van der Waals surface area contributed by atoms with Crippen LogP contribution >= 0.6 is 0 Å². The van der Waals surface area contributed by atoms with E-state index in [4.69, 9.17) is 14.2 Å². The molecule has 1 amide bonds. The molecule has 1 fully saturated rings. The van der Waals surface area contributed by atoms with Gasteiger partial charge in [-0.1, -0.05) is 18.2 Å². The Morgan fingerprint density at radius 2 is 1.91 bits per heavy atom. The molecule has 3 atom stereocenters. The molecule has 0 unspecified atom stereocenters. The summed E-state index contributed by atoms with van der Waals surface area (Å²) in [6, 6.07) is 8.67. The molecular formula is C21H21N5O6. The number of carbonyl (C=O) groups excluding carboxylic acids is 3. The van der Waals surface area contributed by atoms with Crippen molar-refractivity contribution in [3.63, 3.8) is 0 Å². The molecule has 11 heteroatoms. The minimum Gasteiger partial charge on any atom is -0.463 e. The van der Waals surface area contributed by atoms with Gasteiger partial charge in [0.05, 0.1) is 6.10 Å². The van der Waals surface area contributed by atoms with Gasteiger partial charge in [-0.3, -0.25) is 19.0 Å². The van der Waals surface area contributed by atoms with Crippen molar-refractivity contribution in [1.29, 1.82) is 0 Å². The summed E-state index contributed by atoms with van der Waals surface area (Å²) >= 11 is 0. The Morgan fingerprint density at radius 3 is 2.62 bits per heavy atom. The fraction of sp³-hybridized carbons (Fsp3) is 0.333. The number of esters is 2. The molecule has 32 heavy (non-hydrogen) atoms. The molecule has 1 aromatic rings. The van der Waals surface area contributed by atoms with Crippen LogP contribution in [0.1, 0.15) is 36.9 Å². The van der Waals surface area contributed by atoms with Gasteiger partial charge in [0.15, 0.2) is 17.7 Å². The fourth-order valence-corrected chi connectivity index (χ4v) is 3.50. The van der Waals surface area contributed by atoms with Gasteiger partial charge in [-0.25, -0.2) is 15.0 Å². The standard InChI is InChI=1S/C21H21N5O6/c1-12(27)30-9-15-8-16(31-13(2)28)21(32-15)26-11-24-18-17(22-10-23-18)19(26)25-20(29)14-6-4-3-5-7-14/h3-7,10-11,15-16,21H,8-9H2,1-2H3,(H,25,29)/t15-,16+,21+/m0/s1. The third kappa shape index (κ3) is 4.57. The van der Waals surface area contributed by atoms with E-state index in [1.165, 1.54) is 26.5 Å². The van der Waals surface area contributed by atoms with Crippen LogP contribution in [0, 0.1) is 0 Å². The van der Waals surface area contributed by atoms with Crippen molar-refractivity contribution in [1.82, 2.24) is 19.5 Å². The van der Waals surface area contributed by atoms with Crippen LogP contribution in [-0.2, 0) is 23.8 Å². The topological polar surface area (TPSA) is 135 Å². The third-order valence-electron chi connectivity index (χ3n) is 4.84. The van der Waals surface area contributed by atoms with Crippen molar-refractivity contribution in [2.75, 3.05) is 11.9 Å². The predicted molar refractivity (Wildman–Crippen MR) is 110 cm³/mol. The average molecular weight is 439 g/mol. The number of fused-ring (bicyclic) bond motifs is 1. The lowest BCUT2D eigenvalue weighted by Crippen LogP contribution is -2.28. The van der Waals surface area contributed by atoms with Gasteiger partial charge < -0.3 is 19.5 Å². The summed E-state index contributed by atoms with van der Waals surface area (Å²) < 4.78 is 18.1. The summed E-state index contributed by atoms with van der Waals surface area (Å²) in [7, 11) is 0. The monoisotopic (exact) mass is 439 g/mol. The van der Waals surface area contributed by atoms with Crippen LogP contribution in [0.4, 0.5) is 5.82 Å². The van der Waals surface area contributed by atoms with E-state index < -0.39 is 30.4 Å². The highest BCUT2D eigenvalue weighted by molar-refractivity contribution is 6.05. The fourth-order valence-electron chi connectivity index (χ4n) is 3.50. The molecule has 3 aliphatic heterocycles. The number of nitrogens with one attached hydrogen (secondary N) is 1. The van der Waals surface area contributed by atoms with Gasteiger partial charge in [-0.15, -0.1) is 0 Å². The first kappa shape index (κ1) is 21.4. The Bertz CT molecular complexity index is 1100. The maximum absolute atomic E-state index is 12.9. The second kappa shape index (κ2) is 9.10. The van der Waals surface area contributed by atoms with Gasteiger partial charge in [0, 0.05) is 25.8 Å². The van der Waals surface area contributed by atoms with Crippen molar-refractivity contribution in [3.8, 4) is 11.5 Å². The van der Waals surface area contributed by atoms with E-state index >= 15 is 0 Å². The van der Waals surface area contributed by atoms with E-state index in [0.29, 0.717) is 23.5 Å². The highest BCUT2D eigenvalue weighted by atomic mass is 16.6. The normalized spacial score (nSPS) is 20.1. The van der Waals surface area contributed by atoms with Crippen LogP contribution in [0.2, 0.25) is 0 Å². The molecular weight excluding hydrogens is 418 g/mol. The van der Waals surface area contributed by atoms with E-state index in [9.17, 15) is 14.4 Å². The van der Waals surface area contributed by atoms with E-state index in [1.807, 2.05) is 6.07 Å². The zero-order valence-electron chi connectivity index (χ0n) is 17.4. The van der Waals surface area contributed by atoms with Gasteiger partial charge in [0.25, 0.3) is 5.91 Å². The van der Waals surface area contributed by atoms with E-state index in [1.54, 1.807) is 28.8 Å². The summed E-state index contributed by atoms with van der Waals surface area (Å²) in [5.74, 6) is -0.679. The number of hydrogen-bond acceptors (Lipinski definition) is 9. The smallest absolute Gasteiger partial charge is 0.303 e. The number of benzene rings is 1. The SMILES string of the molecule is CC(=O)OC[C@@H]1C[C@@H](OC(C)=O)[C@H](n2cnc3ncnc-3c2NC(=O)c2ccccc2)O1. The number of carbonyl (C=O) groups is 3. The van der Waals surface area contributed by atoms with Gasteiger partial charge in [-0.2, -0.15) is 0 Å². The van der Waals surface area contributed by atoms with Gasteiger partial charge in [-0.05, 0) is 12.1 Å². The molecule has 4 rings (SSSR count). The van der Waals surface area contributed by atoms with Gasteiger partial charge in [0.1, 0.15) is 31.2 Å². The molecule has 0 saturated carbocycles. The van der Waals surface area contributed by atoms with Crippen molar-refractivity contribution in [3.05, 3.63) is 48.5 Å². The molecule has 0 aliphatic carbocycles. The molecule has 0 spiro atoms. The number of aromatic nitrogens is 4. The van der Waals surface area contributed by atoms with Crippen LogP contribution in [0.15, 0.2) is 43.0 Å². The number of amides is 1. The number of ether oxygens (including phenoxy) is 3. The lowest BCUT2D eigenvalue weighted by Gasteiger charge is -2.25. The number of rotatable bonds is 6. The molecule has 11 nitrogen and oxygen atoms in total. The quantitative estimate of drug-likeness (QED) is 0.571. The Labute approximate surface area is 183 Å². The summed E-state index contributed by atoms with van der Waals surface area (Å²) in [6.07, 6.45) is 1.02. The predicted octanol–water partition coefficient (Wildman–Crippen LogP) is 1.81. The maximum atomic E-state index is 12.9. The van der Waals surface area contributed by atoms with Crippen molar-refractivity contribution >= 4 is 23.7 Å². The van der Waals surface area contributed by atoms with Crippen molar-refractivity contribution in [2.45, 2.75) is 38.7 Å². The van der Waals surface area contributed by atoms with Crippen LogP contribution in [0.3, 0.4) is 0 Å². The van der Waals surface area contributed by atoms with Gasteiger partial charge >= 0.3 is 11.9 Å². The third-order valence-corrected chi connectivity index (χ3v) is 4.84. The van der Waals surface area contributed by atoms with Crippen LogP contribution in [0.25, 0.3) is 11.5 Å². The molecule has 0 bridgehead atoms. The van der Waals surface area contributed by atoms with Crippen molar-refractivity contribution < 1.29 is 28.6 Å². The Morgan fingerprint density at radius 1 is 1.12 bits per heavy atom. The van der Waals surface area contributed by atoms with Crippen molar-refractivity contribution in [2.24, 2.45) is 0 Å².